The van der Waals surface area contributed by atoms with Crippen LogP contribution in [0.15, 0.2) is 48.5 Å². The maximum atomic E-state index is 13.7. The summed E-state index contributed by atoms with van der Waals surface area (Å²) in [6.07, 6.45) is 8.26. The molecule has 2 aliphatic rings. The van der Waals surface area contributed by atoms with E-state index in [0.717, 1.165) is 43.4 Å². The Hall–Kier alpha value is -2.30. The van der Waals surface area contributed by atoms with Gasteiger partial charge in [0.1, 0.15) is 0 Å². The van der Waals surface area contributed by atoms with Gasteiger partial charge in [0.2, 0.25) is 0 Å². The Morgan fingerprint density at radius 3 is 2.45 bits per heavy atom. The first kappa shape index (κ1) is 30.7. The van der Waals surface area contributed by atoms with Crippen molar-refractivity contribution in [2.24, 2.45) is 0 Å². The van der Waals surface area contributed by atoms with Crippen molar-refractivity contribution < 1.29 is 19.0 Å². The largest absolute Gasteiger partial charge is 0.390 e. The molecule has 9 heteroatoms. The fourth-order valence-corrected chi connectivity index (χ4v) is 7.72. The lowest BCUT2D eigenvalue weighted by Crippen LogP contribution is -2.54. The zero-order chi connectivity index (χ0) is 28.6. The molecular formula is C31H48N4O4S. The van der Waals surface area contributed by atoms with E-state index in [4.69, 9.17) is 0 Å². The van der Waals surface area contributed by atoms with Gasteiger partial charge in [-0.3, -0.25) is 18.2 Å². The minimum absolute atomic E-state index is 0.0491. The molecule has 1 amide bonds. The Kier molecular flexibility index (Phi) is 10.8. The van der Waals surface area contributed by atoms with Crippen molar-refractivity contribution in [3.8, 4) is 0 Å². The molecule has 6 N–H and O–H groups in total. The van der Waals surface area contributed by atoms with Crippen LogP contribution in [0.4, 0.5) is 11.4 Å². The second-order valence-corrected chi connectivity index (χ2v) is 13.5. The van der Waals surface area contributed by atoms with Crippen LogP contribution in [0.5, 0.6) is 0 Å². The standard InChI is InChI=1S/C31H48N4O4S/c1-3-31(15-9-6-10-16-31)33-23-29(36)28(19-24-13-7-5-8-14-24)34-30(37)25-20-26(32-4-2)22-27(21-25)35-17-11-12-18-40(35,38)39/h5,7-8,13-14,20-22,28-29,32-33,36,38-39H,3-4,6,9-12,15-19,23H2,1-2H3,(H,34,37). The van der Waals surface area contributed by atoms with Crippen LogP contribution in [-0.4, -0.2) is 63.2 Å². The molecule has 1 aliphatic carbocycles. The van der Waals surface area contributed by atoms with Crippen molar-refractivity contribution in [2.45, 2.75) is 89.3 Å². The molecule has 222 valence electrons. The van der Waals surface area contributed by atoms with Gasteiger partial charge in [-0.05, 0) is 69.2 Å². The quantitative estimate of drug-likeness (QED) is 0.191. The first-order valence-electron chi connectivity index (χ1n) is 15.0. The third kappa shape index (κ3) is 7.91. The molecule has 0 bridgehead atoms. The van der Waals surface area contributed by atoms with Crippen molar-refractivity contribution in [3.63, 3.8) is 0 Å². The number of aliphatic hydroxyl groups excluding tert-OH is 1. The zero-order valence-electron chi connectivity index (χ0n) is 24.1. The highest BCUT2D eigenvalue weighted by Gasteiger charge is 2.32. The van der Waals surface area contributed by atoms with E-state index in [1.165, 1.54) is 19.3 Å². The third-order valence-corrected chi connectivity index (χ3v) is 10.4. The van der Waals surface area contributed by atoms with Crippen molar-refractivity contribution in [2.75, 3.05) is 35.0 Å². The first-order valence-corrected chi connectivity index (χ1v) is 16.6. The predicted octanol–water partition coefficient (Wildman–Crippen LogP) is 5.79. The number of β-amino-alcohol motifs (C(OH)–C–C–N with tert-alkyl or cyclic N) is 1. The van der Waals surface area contributed by atoms with E-state index in [0.29, 0.717) is 43.1 Å². The highest BCUT2D eigenvalue weighted by molar-refractivity contribution is 8.25. The van der Waals surface area contributed by atoms with E-state index in [1.54, 1.807) is 16.4 Å². The van der Waals surface area contributed by atoms with Gasteiger partial charge in [-0.25, -0.2) is 0 Å². The Balaban J connectivity index is 1.55. The number of rotatable bonds is 12. The molecule has 0 spiro atoms. The van der Waals surface area contributed by atoms with Crippen LogP contribution < -0.4 is 20.3 Å². The van der Waals surface area contributed by atoms with Gasteiger partial charge in [0.05, 0.1) is 23.6 Å². The number of carbonyl (C=O) groups excluding carboxylic acids is 1. The molecule has 4 rings (SSSR count). The molecule has 40 heavy (non-hydrogen) atoms. The molecule has 1 heterocycles. The van der Waals surface area contributed by atoms with Crippen LogP contribution in [0.3, 0.4) is 0 Å². The highest BCUT2D eigenvalue weighted by atomic mass is 32.3. The second-order valence-electron chi connectivity index (χ2n) is 11.4. The summed E-state index contributed by atoms with van der Waals surface area (Å²) in [6.45, 7) is 5.79. The zero-order valence-corrected chi connectivity index (χ0v) is 24.9. The average Bonchev–Trinajstić information content (AvgIpc) is 2.96. The van der Waals surface area contributed by atoms with Gasteiger partial charge in [0, 0.05) is 36.4 Å². The number of hydrogen-bond acceptors (Lipinski definition) is 7. The molecule has 2 aromatic carbocycles. The summed E-state index contributed by atoms with van der Waals surface area (Å²) in [6, 6.07) is 14.8. The van der Waals surface area contributed by atoms with Gasteiger partial charge in [0.25, 0.3) is 5.91 Å². The molecule has 2 fully saturated rings. The van der Waals surface area contributed by atoms with Crippen molar-refractivity contribution in [1.29, 1.82) is 0 Å². The lowest BCUT2D eigenvalue weighted by Gasteiger charge is -2.47. The van der Waals surface area contributed by atoms with Crippen LogP contribution in [0.25, 0.3) is 0 Å². The Bertz CT molecular complexity index is 1090. The van der Waals surface area contributed by atoms with Gasteiger partial charge in [-0.1, -0.05) is 56.5 Å². The SMILES string of the molecule is CCNc1cc(C(=O)NC(Cc2ccccc2)C(O)CNC2(CC)CCCCC2)cc(N2CCCCS2(O)O)c1. The second kappa shape index (κ2) is 14.0. The normalized spacial score (nSPS) is 20.8. The van der Waals surface area contributed by atoms with E-state index in [1.807, 2.05) is 43.3 Å². The molecule has 2 aromatic rings. The topological polar surface area (TPSA) is 117 Å². The number of hydrogen-bond donors (Lipinski definition) is 6. The summed E-state index contributed by atoms with van der Waals surface area (Å²) in [4.78, 5) is 13.7. The lowest BCUT2D eigenvalue weighted by molar-refractivity contribution is 0.0788. The summed E-state index contributed by atoms with van der Waals surface area (Å²) in [5.74, 6) is 0.0368. The van der Waals surface area contributed by atoms with Crippen LogP contribution >= 0.6 is 10.8 Å². The predicted molar refractivity (Wildman–Crippen MR) is 166 cm³/mol. The summed E-state index contributed by atoms with van der Waals surface area (Å²) in [5.41, 5.74) is 2.87. The average molecular weight is 573 g/mol. The number of aliphatic hydroxyl groups is 1. The summed E-state index contributed by atoms with van der Waals surface area (Å²) in [5, 5.41) is 21.5. The number of nitrogens with one attached hydrogen (secondary N) is 3. The van der Waals surface area contributed by atoms with E-state index >= 15 is 0 Å². The van der Waals surface area contributed by atoms with Crippen LogP contribution in [0.1, 0.15) is 81.1 Å². The maximum absolute atomic E-state index is 13.7. The molecule has 2 unspecified atom stereocenters. The number of nitrogens with zero attached hydrogens (tertiary/aromatic N) is 1. The van der Waals surface area contributed by atoms with E-state index in [-0.39, 0.29) is 11.4 Å². The van der Waals surface area contributed by atoms with E-state index in [9.17, 15) is 19.0 Å². The molecular weight excluding hydrogens is 524 g/mol. The van der Waals surface area contributed by atoms with Crippen LogP contribution in [0.2, 0.25) is 0 Å². The van der Waals surface area contributed by atoms with Gasteiger partial charge in [-0.2, -0.15) is 0 Å². The van der Waals surface area contributed by atoms with E-state index in [2.05, 4.69) is 22.9 Å². The van der Waals surface area contributed by atoms with Gasteiger partial charge in [0.15, 0.2) is 0 Å². The number of anilines is 2. The minimum Gasteiger partial charge on any atom is -0.390 e. The van der Waals surface area contributed by atoms with Crippen molar-refractivity contribution in [1.82, 2.24) is 10.6 Å². The van der Waals surface area contributed by atoms with Gasteiger partial charge >= 0.3 is 0 Å². The molecule has 2 atom stereocenters. The number of amides is 1. The lowest BCUT2D eigenvalue weighted by atomic mass is 9.79. The third-order valence-electron chi connectivity index (χ3n) is 8.48. The summed E-state index contributed by atoms with van der Waals surface area (Å²) < 4.78 is 23.1. The fourth-order valence-electron chi connectivity index (χ4n) is 6.05. The summed E-state index contributed by atoms with van der Waals surface area (Å²) in [7, 11) is -2.93. The number of benzene rings is 2. The highest BCUT2D eigenvalue weighted by Crippen LogP contribution is 2.50. The van der Waals surface area contributed by atoms with Crippen molar-refractivity contribution in [3.05, 3.63) is 59.7 Å². The molecule has 0 aromatic heterocycles. The van der Waals surface area contributed by atoms with Gasteiger partial charge in [-0.15, -0.1) is 10.8 Å². The van der Waals surface area contributed by atoms with Crippen LogP contribution in [-0.2, 0) is 6.42 Å². The number of carbonyl (C=O) groups is 1. The molecule has 1 saturated carbocycles. The Morgan fingerprint density at radius 1 is 1.02 bits per heavy atom. The Labute approximate surface area is 241 Å². The first-order chi connectivity index (χ1) is 19.2. The smallest absolute Gasteiger partial charge is 0.251 e. The minimum atomic E-state index is -2.93. The maximum Gasteiger partial charge on any atom is 0.251 e. The van der Waals surface area contributed by atoms with Crippen LogP contribution in [0, 0.1) is 0 Å². The molecule has 8 nitrogen and oxygen atoms in total. The summed E-state index contributed by atoms with van der Waals surface area (Å²) >= 11 is 0. The molecule has 1 saturated heterocycles. The van der Waals surface area contributed by atoms with E-state index < -0.39 is 22.9 Å². The Morgan fingerprint density at radius 2 is 1.77 bits per heavy atom. The van der Waals surface area contributed by atoms with Crippen molar-refractivity contribution >= 4 is 28.1 Å². The fraction of sp³-hybridized carbons (Fsp3) is 0.581. The van der Waals surface area contributed by atoms with Gasteiger partial charge < -0.3 is 21.1 Å². The molecule has 0 radical (unpaired) electrons. The monoisotopic (exact) mass is 572 g/mol. The molecule has 1 aliphatic heterocycles.